The first-order valence-electron chi connectivity index (χ1n) is 9.86. The minimum atomic E-state index is -0.819. The Kier molecular flexibility index (Phi) is 7.31. The summed E-state index contributed by atoms with van der Waals surface area (Å²) in [7, 11) is 0. The number of nitro benzene ring substituents is 1. The number of benzene rings is 1. The van der Waals surface area contributed by atoms with Crippen molar-refractivity contribution < 1.29 is 23.9 Å². The molecule has 0 saturated carbocycles. The van der Waals surface area contributed by atoms with Crippen molar-refractivity contribution in [3.05, 3.63) is 58.3 Å². The fourth-order valence-electron chi connectivity index (χ4n) is 3.41. The largest absolute Gasteiger partial charge is 0.475 e. The number of carbonyl (C=O) groups excluding carboxylic acids is 1. The Morgan fingerprint density at radius 1 is 1.20 bits per heavy atom. The Morgan fingerprint density at radius 3 is 2.53 bits per heavy atom. The highest BCUT2D eigenvalue weighted by molar-refractivity contribution is 5.99. The predicted molar refractivity (Wildman–Crippen MR) is 110 cm³/mol. The minimum Gasteiger partial charge on any atom is -0.475 e. The summed E-state index contributed by atoms with van der Waals surface area (Å²) in [5, 5.41) is 13.9. The Hall–Kier alpha value is -3.04. The Morgan fingerprint density at radius 2 is 1.93 bits per heavy atom. The Balaban J connectivity index is 1.72. The molecule has 1 fully saturated rings. The molecule has 1 aromatic carbocycles. The van der Waals surface area contributed by atoms with Gasteiger partial charge in [0.05, 0.1) is 28.8 Å². The number of nitrogens with zero attached hydrogens (tertiary/aromatic N) is 2. The molecular formula is C21H25N3O6. The summed E-state index contributed by atoms with van der Waals surface area (Å²) in [4.78, 5) is 28.0. The standard InChI is InChI=1S/C21H25N3O6/c1-2-28-13-14-30-19-8-5-17(15-22-19)23-20(25)21(9-11-29-12-10-21)16-3-6-18(7-4-16)24(26)27/h3-8,15H,2,9-14H2,1H3,(H,23,25). The van der Waals surface area contributed by atoms with Gasteiger partial charge in [0.25, 0.3) is 5.69 Å². The molecule has 1 aliphatic rings. The van der Waals surface area contributed by atoms with E-state index >= 15 is 0 Å². The second-order valence-electron chi connectivity index (χ2n) is 6.88. The Bertz CT molecular complexity index is 848. The molecule has 1 N–H and O–H groups in total. The van der Waals surface area contributed by atoms with E-state index in [1.54, 1.807) is 24.3 Å². The molecule has 0 aliphatic carbocycles. The van der Waals surface area contributed by atoms with Gasteiger partial charge in [0.1, 0.15) is 6.61 Å². The number of amides is 1. The summed E-state index contributed by atoms with van der Waals surface area (Å²) >= 11 is 0. The van der Waals surface area contributed by atoms with E-state index in [0.717, 1.165) is 5.56 Å². The highest BCUT2D eigenvalue weighted by atomic mass is 16.6. The zero-order valence-electron chi connectivity index (χ0n) is 16.8. The number of nitrogens with one attached hydrogen (secondary N) is 1. The van der Waals surface area contributed by atoms with Crippen molar-refractivity contribution in [3.63, 3.8) is 0 Å². The number of nitro groups is 1. The van der Waals surface area contributed by atoms with Crippen molar-refractivity contribution >= 4 is 17.3 Å². The average Bonchev–Trinajstić information content (AvgIpc) is 2.78. The summed E-state index contributed by atoms with van der Waals surface area (Å²) in [5.74, 6) is 0.260. The van der Waals surface area contributed by atoms with Gasteiger partial charge >= 0.3 is 0 Å². The van der Waals surface area contributed by atoms with E-state index in [-0.39, 0.29) is 11.6 Å². The van der Waals surface area contributed by atoms with Crippen molar-refractivity contribution in [2.24, 2.45) is 0 Å². The first-order chi connectivity index (χ1) is 14.5. The van der Waals surface area contributed by atoms with Gasteiger partial charge in [-0.2, -0.15) is 0 Å². The smallest absolute Gasteiger partial charge is 0.269 e. The number of carbonyl (C=O) groups is 1. The van der Waals surface area contributed by atoms with Gasteiger partial charge < -0.3 is 19.5 Å². The van der Waals surface area contributed by atoms with Crippen molar-refractivity contribution in [3.8, 4) is 5.88 Å². The van der Waals surface area contributed by atoms with Crippen LogP contribution in [0.1, 0.15) is 25.3 Å². The van der Waals surface area contributed by atoms with Crippen LogP contribution in [0.3, 0.4) is 0 Å². The van der Waals surface area contributed by atoms with Gasteiger partial charge in [-0.05, 0) is 31.4 Å². The van der Waals surface area contributed by atoms with Crippen molar-refractivity contribution in [2.75, 3.05) is 38.4 Å². The maximum Gasteiger partial charge on any atom is 0.269 e. The lowest BCUT2D eigenvalue weighted by Crippen LogP contribution is -2.44. The van der Waals surface area contributed by atoms with Gasteiger partial charge in [-0.15, -0.1) is 0 Å². The van der Waals surface area contributed by atoms with Crippen LogP contribution in [0.4, 0.5) is 11.4 Å². The monoisotopic (exact) mass is 415 g/mol. The summed E-state index contributed by atoms with van der Waals surface area (Å²) < 4.78 is 16.2. The first-order valence-corrected chi connectivity index (χ1v) is 9.86. The topological polar surface area (TPSA) is 113 Å². The number of rotatable bonds is 9. The number of anilines is 1. The van der Waals surface area contributed by atoms with Crippen LogP contribution in [0, 0.1) is 10.1 Å². The second kappa shape index (κ2) is 10.1. The van der Waals surface area contributed by atoms with Crippen molar-refractivity contribution in [2.45, 2.75) is 25.2 Å². The zero-order chi connectivity index (χ0) is 21.4. The van der Waals surface area contributed by atoms with Gasteiger partial charge in [-0.25, -0.2) is 4.98 Å². The van der Waals surface area contributed by atoms with Crippen LogP contribution in [-0.4, -0.2) is 48.8 Å². The number of aromatic nitrogens is 1. The fraction of sp³-hybridized carbons (Fsp3) is 0.429. The SMILES string of the molecule is CCOCCOc1ccc(NC(=O)C2(c3ccc([N+](=O)[O-])cc3)CCOCC2)cn1. The van der Waals surface area contributed by atoms with Crippen molar-refractivity contribution in [1.82, 2.24) is 4.98 Å². The molecule has 0 radical (unpaired) electrons. The highest BCUT2D eigenvalue weighted by Gasteiger charge is 2.42. The molecule has 1 saturated heterocycles. The number of non-ortho nitro benzene ring substituents is 1. The van der Waals surface area contributed by atoms with Crippen LogP contribution in [0.2, 0.25) is 0 Å². The quantitative estimate of drug-likeness (QED) is 0.380. The van der Waals surface area contributed by atoms with E-state index in [1.807, 2.05) is 6.92 Å². The third-order valence-electron chi connectivity index (χ3n) is 5.09. The maximum atomic E-state index is 13.3. The molecule has 9 heteroatoms. The molecule has 0 atom stereocenters. The molecule has 0 unspecified atom stereocenters. The Labute approximate surface area is 174 Å². The van der Waals surface area contributed by atoms with Crippen LogP contribution >= 0.6 is 0 Å². The van der Waals surface area contributed by atoms with Crippen LogP contribution in [0.25, 0.3) is 0 Å². The molecule has 1 aliphatic heterocycles. The third-order valence-corrected chi connectivity index (χ3v) is 5.09. The van der Waals surface area contributed by atoms with E-state index < -0.39 is 10.3 Å². The van der Waals surface area contributed by atoms with Gasteiger partial charge in [-0.1, -0.05) is 12.1 Å². The lowest BCUT2D eigenvalue weighted by molar-refractivity contribution is -0.384. The minimum absolute atomic E-state index is 0.00880. The number of hydrogen-bond acceptors (Lipinski definition) is 7. The molecule has 1 amide bonds. The first kappa shape index (κ1) is 21.7. The molecule has 0 bridgehead atoms. The summed E-state index contributed by atoms with van der Waals surface area (Å²) in [6, 6.07) is 9.56. The van der Waals surface area contributed by atoms with Gasteiger partial charge in [0.2, 0.25) is 11.8 Å². The van der Waals surface area contributed by atoms with E-state index in [2.05, 4.69) is 10.3 Å². The number of ether oxygens (including phenoxy) is 3. The number of hydrogen-bond donors (Lipinski definition) is 1. The fourth-order valence-corrected chi connectivity index (χ4v) is 3.41. The predicted octanol–water partition coefficient (Wildman–Crippen LogP) is 3.09. The summed E-state index contributed by atoms with van der Waals surface area (Å²) in [6.45, 7) is 4.30. The molecule has 0 spiro atoms. The zero-order valence-corrected chi connectivity index (χ0v) is 16.8. The lowest BCUT2D eigenvalue weighted by Gasteiger charge is -2.36. The summed E-state index contributed by atoms with van der Waals surface area (Å²) in [5.41, 5.74) is 0.452. The van der Waals surface area contributed by atoms with Gasteiger partial charge in [0, 0.05) is 38.0 Å². The molecule has 9 nitrogen and oxygen atoms in total. The van der Waals surface area contributed by atoms with Crippen molar-refractivity contribution in [1.29, 1.82) is 0 Å². The average molecular weight is 415 g/mol. The maximum absolute atomic E-state index is 13.3. The second-order valence-corrected chi connectivity index (χ2v) is 6.88. The molecule has 1 aromatic heterocycles. The van der Waals surface area contributed by atoms with E-state index in [0.29, 0.717) is 57.4 Å². The lowest BCUT2D eigenvalue weighted by atomic mass is 9.73. The van der Waals surface area contributed by atoms with E-state index in [4.69, 9.17) is 14.2 Å². The summed E-state index contributed by atoms with van der Waals surface area (Å²) in [6.07, 6.45) is 2.52. The molecular weight excluding hydrogens is 390 g/mol. The molecule has 2 heterocycles. The van der Waals surface area contributed by atoms with Gasteiger partial charge in [0.15, 0.2) is 0 Å². The van der Waals surface area contributed by atoms with E-state index in [9.17, 15) is 14.9 Å². The number of pyridine rings is 1. The third kappa shape index (κ3) is 5.11. The van der Waals surface area contributed by atoms with Crippen LogP contribution < -0.4 is 10.1 Å². The van der Waals surface area contributed by atoms with Crippen LogP contribution in [0.15, 0.2) is 42.6 Å². The molecule has 3 rings (SSSR count). The van der Waals surface area contributed by atoms with Crippen LogP contribution in [-0.2, 0) is 19.7 Å². The highest BCUT2D eigenvalue weighted by Crippen LogP contribution is 2.37. The van der Waals surface area contributed by atoms with Gasteiger partial charge in [-0.3, -0.25) is 14.9 Å². The van der Waals surface area contributed by atoms with E-state index in [1.165, 1.54) is 18.3 Å². The molecule has 30 heavy (non-hydrogen) atoms. The molecule has 160 valence electrons. The normalized spacial score (nSPS) is 15.4. The van der Waals surface area contributed by atoms with Crippen LogP contribution in [0.5, 0.6) is 5.88 Å². The molecule has 2 aromatic rings.